The third-order valence-electron chi connectivity index (χ3n) is 4.30. The predicted octanol–water partition coefficient (Wildman–Crippen LogP) is 3.60. The molecule has 7 nitrogen and oxygen atoms in total. The van der Waals surface area contributed by atoms with Gasteiger partial charge in [0.25, 0.3) is 0 Å². The van der Waals surface area contributed by atoms with Crippen LogP contribution in [-0.4, -0.2) is 30.3 Å². The highest BCUT2D eigenvalue weighted by Gasteiger charge is 2.09. The first-order valence-electron chi connectivity index (χ1n) is 9.21. The Balaban J connectivity index is 1.54. The Morgan fingerprint density at radius 1 is 0.897 bits per heavy atom. The molecule has 29 heavy (non-hydrogen) atoms. The highest BCUT2D eigenvalue weighted by atomic mass is 16.5. The van der Waals surface area contributed by atoms with Crippen molar-refractivity contribution >= 4 is 17.5 Å². The first-order valence-corrected chi connectivity index (χ1v) is 9.21. The lowest BCUT2D eigenvalue weighted by molar-refractivity contribution is -0.115. The van der Waals surface area contributed by atoms with Crippen LogP contribution in [0.4, 0.5) is 11.6 Å². The molecule has 0 saturated heterocycles. The number of anilines is 2. The van der Waals surface area contributed by atoms with E-state index in [2.05, 4.69) is 46.0 Å². The molecule has 1 heterocycles. The summed E-state index contributed by atoms with van der Waals surface area (Å²) < 4.78 is 10.5. The van der Waals surface area contributed by atoms with Crippen molar-refractivity contribution in [3.05, 3.63) is 71.3 Å². The van der Waals surface area contributed by atoms with Gasteiger partial charge in [-0.3, -0.25) is 4.79 Å². The van der Waals surface area contributed by atoms with E-state index in [-0.39, 0.29) is 12.3 Å². The van der Waals surface area contributed by atoms with Crippen molar-refractivity contribution in [2.75, 3.05) is 24.9 Å². The van der Waals surface area contributed by atoms with Gasteiger partial charge in [0.1, 0.15) is 5.82 Å². The van der Waals surface area contributed by atoms with E-state index in [1.165, 1.54) is 11.1 Å². The number of carbonyl (C=O) groups is 1. The van der Waals surface area contributed by atoms with Crippen molar-refractivity contribution in [3.63, 3.8) is 0 Å². The number of methoxy groups -OCH3 is 2. The number of hydrogen-bond donors (Lipinski definition) is 2. The van der Waals surface area contributed by atoms with Crippen molar-refractivity contribution in [2.24, 2.45) is 0 Å². The molecule has 0 unspecified atom stereocenters. The van der Waals surface area contributed by atoms with Gasteiger partial charge in [0.15, 0.2) is 17.3 Å². The standard InChI is InChI=1S/C22H24N4O3/c1-15-5-4-6-17(11-15)14-23-20-9-10-21(26-25-20)24-22(27)13-16-7-8-18(28-2)19(12-16)29-3/h4-12H,13-14H2,1-3H3,(H,23,25)(H,24,26,27). The summed E-state index contributed by atoms with van der Waals surface area (Å²) in [5.41, 5.74) is 3.19. The van der Waals surface area contributed by atoms with Gasteiger partial charge in [-0.1, -0.05) is 35.9 Å². The molecular weight excluding hydrogens is 368 g/mol. The number of benzene rings is 2. The molecule has 0 saturated carbocycles. The Kier molecular flexibility index (Phi) is 6.63. The summed E-state index contributed by atoms with van der Waals surface area (Å²) in [6.07, 6.45) is 0.190. The SMILES string of the molecule is COc1ccc(CC(=O)Nc2ccc(NCc3cccc(C)c3)nn2)cc1OC. The molecule has 0 bridgehead atoms. The zero-order chi connectivity index (χ0) is 20.6. The van der Waals surface area contributed by atoms with Crippen molar-refractivity contribution in [2.45, 2.75) is 19.9 Å². The molecule has 0 aliphatic carbocycles. The number of rotatable bonds is 8. The molecule has 0 fully saturated rings. The Morgan fingerprint density at radius 3 is 2.34 bits per heavy atom. The normalized spacial score (nSPS) is 10.3. The fourth-order valence-corrected chi connectivity index (χ4v) is 2.87. The first-order chi connectivity index (χ1) is 14.1. The lowest BCUT2D eigenvalue weighted by Gasteiger charge is -2.10. The van der Waals surface area contributed by atoms with Gasteiger partial charge < -0.3 is 20.1 Å². The average Bonchev–Trinajstić information content (AvgIpc) is 2.73. The maximum atomic E-state index is 12.3. The quantitative estimate of drug-likeness (QED) is 0.609. The van der Waals surface area contributed by atoms with Crippen molar-refractivity contribution in [3.8, 4) is 11.5 Å². The number of hydrogen-bond acceptors (Lipinski definition) is 6. The van der Waals surface area contributed by atoms with E-state index in [9.17, 15) is 4.79 Å². The van der Waals surface area contributed by atoms with Crippen LogP contribution in [0.25, 0.3) is 0 Å². The maximum absolute atomic E-state index is 12.3. The van der Waals surface area contributed by atoms with Gasteiger partial charge >= 0.3 is 0 Å². The largest absolute Gasteiger partial charge is 0.493 e. The van der Waals surface area contributed by atoms with Gasteiger partial charge in [-0.25, -0.2) is 0 Å². The summed E-state index contributed by atoms with van der Waals surface area (Å²) in [5, 5.41) is 14.1. The second-order valence-electron chi connectivity index (χ2n) is 6.56. The predicted molar refractivity (Wildman–Crippen MR) is 112 cm³/mol. The van der Waals surface area contributed by atoms with E-state index in [0.717, 1.165) is 5.56 Å². The van der Waals surface area contributed by atoms with Crippen LogP contribution >= 0.6 is 0 Å². The highest BCUT2D eigenvalue weighted by Crippen LogP contribution is 2.27. The Morgan fingerprint density at radius 2 is 1.66 bits per heavy atom. The molecule has 1 amide bonds. The molecule has 150 valence electrons. The van der Waals surface area contributed by atoms with Crippen LogP contribution in [0, 0.1) is 6.92 Å². The van der Waals surface area contributed by atoms with Gasteiger partial charge in [0.05, 0.1) is 20.6 Å². The van der Waals surface area contributed by atoms with Crippen LogP contribution in [0.3, 0.4) is 0 Å². The molecule has 0 aliphatic heterocycles. The minimum Gasteiger partial charge on any atom is -0.493 e. The molecule has 3 aromatic rings. The number of aryl methyl sites for hydroxylation is 1. The van der Waals surface area contributed by atoms with Crippen LogP contribution in [-0.2, 0) is 17.8 Å². The van der Waals surface area contributed by atoms with Gasteiger partial charge in [-0.05, 0) is 42.3 Å². The van der Waals surface area contributed by atoms with E-state index in [4.69, 9.17) is 9.47 Å². The highest BCUT2D eigenvalue weighted by molar-refractivity contribution is 5.91. The van der Waals surface area contributed by atoms with Crippen LogP contribution < -0.4 is 20.1 Å². The maximum Gasteiger partial charge on any atom is 0.229 e. The molecule has 0 spiro atoms. The molecule has 1 aromatic heterocycles. The summed E-state index contributed by atoms with van der Waals surface area (Å²) in [7, 11) is 3.13. The number of amides is 1. The van der Waals surface area contributed by atoms with Gasteiger partial charge in [0.2, 0.25) is 5.91 Å². The van der Waals surface area contributed by atoms with Gasteiger partial charge in [0, 0.05) is 6.54 Å². The molecule has 0 radical (unpaired) electrons. The summed E-state index contributed by atoms with van der Waals surface area (Å²) in [5.74, 6) is 2.06. The molecule has 2 aromatic carbocycles. The molecule has 3 rings (SSSR count). The molecular formula is C22H24N4O3. The second-order valence-corrected chi connectivity index (χ2v) is 6.56. The topological polar surface area (TPSA) is 85.4 Å². The van der Waals surface area contributed by atoms with Crippen LogP contribution in [0.1, 0.15) is 16.7 Å². The molecule has 0 atom stereocenters. The number of nitrogens with zero attached hydrogens (tertiary/aromatic N) is 2. The fraction of sp³-hybridized carbons (Fsp3) is 0.227. The lowest BCUT2D eigenvalue weighted by atomic mass is 10.1. The summed E-state index contributed by atoms with van der Waals surface area (Å²) >= 11 is 0. The Hall–Kier alpha value is -3.61. The summed E-state index contributed by atoms with van der Waals surface area (Å²) in [4.78, 5) is 12.3. The van der Waals surface area contributed by atoms with Crippen molar-refractivity contribution in [1.29, 1.82) is 0 Å². The van der Waals surface area contributed by atoms with E-state index >= 15 is 0 Å². The Labute approximate surface area is 170 Å². The third kappa shape index (κ3) is 5.68. The zero-order valence-electron chi connectivity index (χ0n) is 16.7. The zero-order valence-corrected chi connectivity index (χ0v) is 16.7. The number of ether oxygens (including phenoxy) is 2. The van der Waals surface area contributed by atoms with E-state index < -0.39 is 0 Å². The number of nitrogens with one attached hydrogen (secondary N) is 2. The Bertz CT molecular complexity index is 974. The van der Waals surface area contributed by atoms with E-state index in [1.54, 1.807) is 38.5 Å². The van der Waals surface area contributed by atoms with E-state index in [0.29, 0.717) is 29.7 Å². The van der Waals surface area contributed by atoms with Crippen molar-refractivity contribution in [1.82, 2.24) is 10.2 Å². The van der Waals surface area contributed by atoms with Crippen LogP contribution in [0.5, 0.6) is 11.5 Å². The molecule has 7 heteroatoms. The molecule has 0 aliphatic rings. The first kappa shape index (κ1) is 20.1. The van der Waals surface area contributed by atoms with E-state index in [1.807, 2.05) is 12.1 Å². The fourth-order valence-electron chi connectivity index (χ4n) is 2.87. The molecule has 2 N–H and O–H groups in total. The minimum atomic E-state index is -0.188. The number of carbonyl (C=O) groups excluding carboxylic acids is 1. The smallest absolute Gasteiger partial charge is 0.229 e. The van der Waals surface area contributed by atoms with Gasteiger partial charge in [-0.2, -0.15) is 0 Å². The monoisotopic (exact) mass is 392 g/mol. The lowest BCUT2D eigenvalue weighted by Crippen LogP contribution is -2.16. The summed E-state index contributed by atoms with van der Waals surface area (Å²) in [6, 6.07) is 17.1. The third-order valence-corrected chi connectivity index (χ3v) is 4.30. The minimum absolute atomic E-state index is 0.188. The van der Waals surface area contributed by atoms with Crippen LogP contribution in [0.2, 0.25) is 0 Å². The average molecular weight is 392 g/mol. The number of aromatic nitrogens is 2. The van der Waals surface area contributed by atoms with Crippen LogP contribution in [0.15, 0.2) is 54.6 Å². The summed E-state index contributed by atoms with van der Waals surface area (Å²) in [6.45, 7) is 2.71. The van der Waals surface area contributed by atoms with Gasteiger partial charge in [-0.15, -0.1) is 10.2 Å². The second kappa shape index (κ2) is 9.54. The van der Waals surface area contributed by atoms with Crippen molar-refractivity contribution < 1.29 is 14.3 Å².